The fourth-order valence-corrected chi connectivity index (χ4v) is 4.29. The van der Waals surface area contributed by atoms with Gasteiger partial charge in [0.25, 0.3) is 5.91 Å². The molecule has 24 heavy (non-hydrogen) atoms. The van der Waals surface area contributed by atoms with Crippen LogP contribution in [0.15, 0.2) is 18.2 Å². The summed E-state index contributed by atoms with van der Waals surface area (Å²) in [6, 6.07) is 4.51. The number of rotatable bonds is 5. The lowest BCUT2D eigenvalue weighted by molar-refractivity contribution is -0.140. The summed E-state index contributed by atoms with van der Waals surface area (Å²) < 4.78 is 30.0. The summed E-state index contributed by atoms with van der Waals surface area (Å²) in [5.41, 5.74) is 0.672. The average Bonchev–Trinajstić information content (AvgIpc) is 2.54. The Kier molecular flexibility index (Phi) is 6.06. The Hall–Kier alpha value is -1.80. The maximum Gasteiger partial charge on any atom is 0.307 e. The van der Waals surface area contributed by atoms with Crippen molar-refractivity contribution < 1.29 is 22.7 Å². The normalized spacial score (nSPS) is 16.5. The van der Waals surface area contributed by atoms with Crippen molar-refractivity contribution in [2.24, 2.45) is 0 Å². The molecule has 1 aromatic carbocycles. The first-order valence-electron chi connectivity index (χ1n) is 7.50. The van der Waals surface area contributed by atoms with Crippen molar-refractivity contribution in [1.29, 1.82) is 0 Å². The number of amides is 1. The van der Waals surface area contributed by atoms with Crippen molar-refractivity contribution in [3.8, 4) is 0 Å². The van der Waals surface area contributed by atoms with Gasteiger partial charge < -0.3 is 10.1 Å². The third-order valence-electron chi connectivity index (χ3n) is 3.68. The summed E-state index contributed by atoms with van der Waals surface area (Å²) in [6.45, 7) is 0.535. The maximum atomic E-state index is 12.1. The molecular weight excluding hydrogens is 356 g/mol. The zero-order valence-electron chi connectivity index (χ0n) is 13.2. The quantitative estimate of drug-likeness (QED) is 0.789. The van der Waals surface area contributed by atoms with Crippen LogP contribution in [0.4, 0.5) is 5.69 Å². The third-order valence-corrected chi connectivity index (χ3v) is 5.86. The molecule has 1 saturated heterocycles. The predicted molar refractivity (Wildman–Crippen MR) is 90.8 cm³/mol. The van der Waals surface area contributed by atoms with E-state index >= 15 is 0 Å². The molecule has 2 rings (SSSR count). The van der Waals surface area contributed by atoms with Gasteiger partial charge in [0.1, 0.15) is 0 Å². The van der Waals surface area contributed by atoms with Gasteiger partial charge in [-0.3, -0.25) is 13.9 Å². The maximum absolute atomic E-state index is 12.1. The molecular formula is C15H19ClN2O5S. The van der Waals surface area contributed by atoms with Crippen LogP contribution in [-0.4, -0.2) is 46.2 Å². The van der Waals surface area contributed by atoms with Crippen LogP contribution in [0.25, 0.3) is 0 Å². The number of carbonyl (C=O) groups is 2. The minimum Gasteiger partial charge on any atom is -0.469 e. The number of carbonyl (C=O) groups excluding carboxylic acids is 2. The van der Waals surface area contributed by atoms with Gasteiger partial charge in [0.05, 0.1) is 35.6 Å². The van der Waals surface area contributed by atoms with Gasteiger partial charge in [-0.05, 0) is 31.0 Å². The lowest BCUT2D eigenvalue weighted by Crippen LogP contribution is -2.37. The third kappa shape index (κ3) is 4.39. The van der Waals surface area contributed by atoms with Crippen molar-refractivity contribution in [2.45, 2.75) is 19.3 Å². The number of anilines is 1. The van der Waals surface area contributed by atoms with Crippen LogP contribution >= 0.6 is 11.6 Å². The van der Waals surface area contributed by atoms with Gasteiger partial charge in [-0.15, -0.1) is 0 Å². The molecule has 0 spiro atoms. The second kappa shape index (κ2) is 7.85. The van der Waals surface area contributed by atoms with Gasteiger partial charge in [-0.2, -0.15) is 0 Å². The summed E-state index contributed by atoms with van der Waals surface area (Å²) in [6.07, 6.45) is 1.49. The highest BCUT2D eigenvalue weighted by atomic mass is 35.5. The number of ether oxygens (including phenoxy) is 1. The summed E-state index contributed by atoms with van der Waals surface area (Å²) in [5.74, 6) is -0.746. The van der Waals surface area contributed by atoms with Gasteiger partial charge in [-0.25, -0.2) is 8.42 Å². The van der Waals surface area contributed by atoms with E-state index in [1.165, 1.54) is 23.5 Å². The van der Waals surface area contributed by atoms with E-state index in [4.69, 9.17) is 11.6 Å². The number of halogens is 1. The largest absolute Gasteiger partial charge is 0.469 e. The smallest absolute Gasteiger partial charge is 0.307 e. The topological polar surface area (TPSA) is 92.8 Å². The number of nitrogens with one attached hydrogen (secondary N) is 1. The van der Waals surface area contributed by atoms with E-state index in [1.807, 2.05) is 0 Å². The summed E-state index contributed by atoms with van der Waals surface area (Å²) >= 11 is 6.13. The summed E-state index contributed by atoms with van der Waals surface area (Å²) in [5, 5.41) is 2.72. The monoisotopic (exact) mass is 374 g/mol. The molecule has 132 valence electrons. The molecule has 1 N–H and O–H groups in total. The van der Waals surface area contributed by atoms with E-state index in [1.54, 1.807) is 6.07 Å². The van der Waals surface area contributed by atoms with Crippen LogP contribution < -0.4 is 9.62 Å². The fraction of sp³-hybridized carbons (Fsp3) is 0.467. The molecule has 0 aliphatic carbocycles. The van der Waals surface area contributed by atoms with Crippen molar-refractivity contribution in [2.75, 3.05) is 30.3 Å². The minimum absolute atomic E-state index is 0.0595. The van der Waals surface area contributed by atoms with E-state index < -0.39 is 21.9 Å². The Bertz CT molecular complexity index is 735. The molecule has 7 nitrogen and oxygen atoms in total. The zero-order valence-corrected chi connectivity index (χ0v) is 14.8. The van der Waals surface area contributed by atoms with Crippen LogP contribution in [0.1, 0.15) is 29.6 Å². The highest BCUT2D eigenvalue weighted by Gasteiger charge is 2.26. The van der Waals surface area contributed by atoms with Crippen molar-refractivity contribution in [1.82, 2.24) is 5.32 Å². The van der Waals surface area contributed by atoms with E-state index in [9.17, 15) is 18.0 Å². The van der Waals surface area contributed by atoms with Crippen LogP contribution in [0.3, 0.4) is 0 Å². The molecule has 0 atom stereocenters. The van der Waals surface area contributed by atoms with Gasteiger partial charge in [0.2, 0.25) is 10.0 Å². The Morgan fingerprint density at radius 3 is 2.71 bits per heavy atom. The molecule has 1 fully saturated rings. The van der Waals surface area contributed by atoms with Crippen molar-refractivity contribution in [3.63, 3.8) is 0 Å². The number of hydrogen-bond acceptors (Lipinski definition) is 5. The molecule has 0 aromatic heterocycles. The Labute approximate surface area is 146 Å². The molecule has 1 heterocycles. The first-order chi connectivity index (χ1) is 11.3. The first kappa shape index (κ1) is 18.5. The van der Waals surface area contributed by atoms with Crippen molar-refractivity contribution in [3.05, 3.63) is 28.8 Å². The number of hydrogen-bond donors (Lipinski definition) is 1. The SMILES string of the molecule is COC(=O)CCNC(=O)c1ccc(N2CCCCS2(=O)=O)cc1Cl. The molecule has 0 bridgehead atoms. The molecule has 0 saturated carbocycles. The van der Waals surface area contributed by atoms with Gasteiger partial charge >= 0.3 is 5.97 Å². The van der Waals surface area contributed by atoms with E-state index in [0.717, 1.165) is 6.42 Å². The van der Waals surface area contributed by atoms with E-state index in [0.29, 0.717) is 18.7 Å². The molecule has 9 heteroatoms. The van der Waals surface area contributed by atoms with Crippen LogP contribution in [0.5, 0.6) is 0 Å². The highest BCUT2D eigenvalue weighted by molar-refractivity contribution is 7.92. The number of nitrogens with zero attached hydrogens (tertiary/aromatic N) is 1. The fourth-order valence-electron chi connectivity index (χ4n) is 2.40. The first-order valence-corrected chi connectivity index (χ1v) is 9.49. The van der Waals surface area contributed by atoms with Crippen LogP contribution in [-0.2, 0) is 19.6 Å². The molecule has 1 amide bonds. The second-order valence-corrected chi connectivity index (χ2v) is 7.76. The standard InChI is InChI=1S/C15H19ClN2O5S/c1-23-14(19)6-7-17-15(20)12-5-4-11(10-13(12)16)18-8-2-3-9-24(18,21)22/h4-5,10H,2-3,6-9H2,1H3,(H,17,20). The Morgan fingerprint density at radius 2 is 2.08 bits per heavy atom. The highest BCUT2D eigenvalue weighted by Crippen LogP contribution is 2.28. The Balaban J connectivity index is 2.09. The zero-order chi connectivity index (χ0) is 17.7. The Morgan fingerprint density at radius 1 is 1.33 bits per heavy atom. The van der Waals surface area contributed by atoms with Crippen LogP contribution in [0, 0.1) is 0 Å². The second-order valence-electron chi connectivity index (χ2n) is 5.34. The average molecular weight is 375 g/mol. The van der Waals surface area contributed by atoms with E-state index in [2.05, 4.69) is 10.1 Å². The molecule has 1 aliphatic rings. The number of sulfonamides is 1. The van der Waals surface area contributed by atoms with Crippen molar-refractivity contribution >= 4 is 39.2 Å². The molecule has 0 unspecified atom stereocenters. The number of benzene rings is 1. The van der Waals surface area contributed by atoms with Gasteiger partial charge in [0.15, 0.2) is 0 Å². The number of methoxy groups -OCH3 is 1. The van der Waals surface area contributed by atoms with Gasteiger partial charge in [0, 0.05) is 13.1 Å². The lowest BCUT2D eigenvalue weighted by Gasteiger charge is -2.28. The predicted octanol–water partition coefficient (Wildman–Crippen LogP) is 1.56. The van der Waals surface area contributed by atoms with Gasteiger partial charge in [-0.1, -0.05) is 11.6 Å². The molecule has 1 aromatic rings. The summed E-state index contributed by atoms with van der Waals surface area (Å²) in [4.78, 5) is 23.1. The lowest BCUT2D eigenvalue weighted by atomic mass is 10.2. The minimum atomic E-state index is -3.33. The number of esters is 1. The van der Waals surface area contributed by atoms with Crippen LogP contribution in [0.2, 0.25) is 5.02 Å². The molecule has 1 aliphatic heterocycles. The summed E-state index contributed by atoms with van der Waals surface area (Å²) in [7, 11) is -2.06. The van der Waals surface area contributed by atoms with E-state index in [-0.39, 0.29) is 29.3 Å². The molecule has 0 radical (unpaired) electrons.